The molecular weight excluding hydrogens is 340 g/mol. The Morgan fingerprint density at radius 3 is 2.63 bits per heavy atom. The highest BCUT2D eigenvalue weighted by Crippen LogP contribution is 2.53. The molecule has 4 heteroatoms. The molecule has 0 fully saturated rings. The molecule has 0 radical (unpaired) electrons. The summed E-state index contributed by atoms with van der Waals surface area (Å²) in [5.41, 5.74) is 3.36. The van der Waals surface area contributed by atoms with Crippen molar-refractivity contribution >= 4 is 11.0 Å². The van der Waals surface area contributed by atoms with E-state index >= 15 is 0 Å². The Labute approximate surface area is 160 Å². The number of benzene rings is 1. The Hall–Kier alpha value is -1.97. The molecule has 3 heterocycles. The van der Waals surface area contributed by atoms with E-state index in [1.807, 2.05) is 0 Å². The van der Waals surface area contributed by atoms with Gasteiger partial charge < -0.3 is 13.9 Å². The number of hydrogen-bond acceptors (Lipinski definition) is 4. The van der Waals surface area contributed by atoms with E-state index in [-0.39, 0.29) is 23.2 Å². The van der Waals surface area contributed by atoms with Crippen molar-refractivity contribution in [3.8, 4) is 11.5 Å². The summed E-state index contributed by atoms with van der Waals surface area (Å²) in [6, 6.07) is 1.64. The Kier molecular flexibility index (Phi) is 4.28. The molecule has 0 spiro atoms. The summed E-state index contributed by atoms with van der Waals surface area (Å²) >= 11 is 0. The van der Waals surface area contributed by atoms with Crippen LogP contribution in [0.3, 0.4) is 0 Å². The van der Waals surface area contributed by atoms with Crippen molar-refractivity contribution < 1.29 is 13.9 Å². The average Bonchev–Trinajstić information content (AvgIpc) is 2.58. The van der Waals surface area contributed by atoms with Crippen LogP contribution in [0.2, 0.25) is 0 Å². The Bertz CT molecular complexity index is 953. The first kappa shape index (κ1) is 18.4. The first-order chi connectivity index (χ1) is 12.7. The minimum absolute atomic E-state index is 0.120. The number of fused-ring (bicyclic) bond motifs is 6. The molecular formula is C23H30O4. The highest BCUT2D eigenvalue weighted by atomic mass is 16.5. The van der Waals surface area contributed by atoms with Gasteiger partial charge in [-0.25, -0.2) is 4.79 Å². The van der Waals surface area contributed by atoms with Gasteiger partial charge in [0.2, 0.25) is 0 Å². The fourth-order valence-corrected chi connectivity index (χ4v) is 4.57. The summed E-state index contributed by atoms with van der Waals surface area (Å²) in [5, 5.41) is 0.982. The summed E-state index contributed by atoms with van der Waals surface area (Å²) in [6.45, 7) is 12.9. The van der Waals surface area contributed by atoms with Crippen LogP contribution >= 0.6 is 0 Å². The lowest BCUT2D eigenvalue weighted by Gasteiger charge is -2.40. The number of aryl methyl sites for hydroxylation is 1. The summed E-state index contributed by atoms with van der Waals surface area (Å²) in [4.78, 5) is 12.4. The zero-order chi connectivity index (χ0) is 19.5. The van der Waals surface area contributed by atoms with Gasteiger partial charge in [-0.3, -0.25) is 0 Å². The Morgan fingerprint density at radius 1 is 1.19 bits per heavy atom. The maximum absolute atomic E-state index is 12.4. The molecule has 0 N–H and O–H groups in total. The largest absolute Gasteiger partial charge is 0.490 e. The third-order valence-electron chi connectivity index (χ3n) is 6.47. The SMILES string of the molecule is CCCc1cc(=O)oc2c3c(c4c(c12)OC(C)(C)CC4)OC(C)C(C)C3C. The summed E-state index contributed by atoms with van der Waals surface area (Å²) in [5.74, 6) is 2.36. The third kappa shape index (κ3) is 2.84. The van der Waals surface area contributed by atoms with Crippen LogP contribution in [0.1, 0.15) is 77.0 Å². The van der Waals surface area contributed by atoms with Crippen molar-refractivity contribution in [1.29, 1.82) is 0 Å². The molecule has 0 saturated heterocycles. The molecule has 4 nitrogen and oxygen atoms in total. The third-order valence-corrected chi connectivity index (χ3v) is 6.47. The van der Waals surface area contributed by atoms with E-state index < -0.39 is 0 Å². The van der Waals surface area contributed by atoms with Crippen LogP contribution in [-0.2, 0) is 12.8 Å². The van der Waals surface area contributed by atoms with Crippen LogP contribution in [0, 0.1) is 5.92 Å². The normalized spacial score (nSPS) is 26.1. The molecule has 3 unspecified atom stereocenters. The lowest BCUT2D eigenvalue weighted by atomic mass is 9.79. The van der Waals surface area contributed by atoms with E-state index in [1.54, 1.807) is 6.07 Å². The van der Waals surface area contributed by atoms with E-state index in [0.717, 1.165) is 59.3 Å². The molecule has 0 bridgehead atoms. The second kappa shape index (κ2) is 6.29. The quantitative estimate of drug-likeness (QED) is 0.667. The summed E-state index contributed by atoms with van der Waals surface area (Å²) < 4.78 is 18.7. The monoisotopic (exact) mass is 370 g/mol. The molecule has 2 aliphatic heterocycles. The van der Waals surface area contributed by atoms with Crippen LogP contribution in [0.15, 0.2) is 15.3 Å². The zero-order valence-corrected chi connectivity index (χ0v) is 17.3. The van der Waals surface area contributed by atoms with E-state index in [9.17, 15) is 4.79 Å². The van der Waals surface area contributed by atoms with Crippen LogP contribution in [0.4, 0.5) is 0 Å². The van der Waals surface area contributed by atoms with Crippen molar-refractivity contribution in [3.05, 3.63) is 33.2 Å². The lowest BCUT2D eigenvalue weighted by molar-refractivity contribution is 0.0794. The van der Waals surface area contributed by atoms with Gasteiger partial charge in [-0.1, -0.05) is 27.2 Å². The van der Waals surface area contributed by atoms with Crippen LogP contribution in [0.5, 0.6) is 11.5 Å². The molecule has 1 aromatic carbocycles. The van der Waals surface area contributed by atoms with Gasteiger partial charge in [-0.2, -0.15) is 0 Å². The predicted molar refractivity (Wildman–Crippen MR) is 107 cm³/mol. The van der Waals surface area contributed by atoms with E-state index in [4.69, 9.17) is 13.9 Å². The maximum atomic E-state index is 12.4. The molecule has 27 heavy (non-hydrogen) atoms. The van der Waals surface area contributed by atoms with Gasteiger partial charge >= 0.3 is 5.63 Å². The fraction of sp³-hybridized carbons (Fsp3) is 0.609. The molecule has 146 valence electrons. The second-order valence-electron chi connectivity index (χ2n) is 8.93. The minimum atomic E-state index is -0.290. The van der Waals surface area contributed by atoms with Gasteiger partial charge in [0.15, 0.2) is 0 Å². The Balaban J connectivity index is 2.14. The minimum Gasteiger partial charge on any atom is -0.490 e. The van der Waals surface area contributed by atoms with Crippen LogP contribution in [0.25, 0.3) is 11.0 Å². The van der Waals surface area contributed by atoms with E-state index in [1.165, 1.54) is 0 Å². The Morgan fingerprint density at radius 2 is 1.93 bits per heavy atom. The van der Waals surface area contributed by atoms with Crippen molar-refractivity contribution in [3.63, 3.8) is 0 Å². The summed E-state index contributed by atoms with van der Waals surface area (Å²) in [6.07, 6.45) is 3.78. The number of ether oxygens (including phenoxy) is 2. The molecule has 2 aliphatic rings. The van der Waals surface area contributed by atoms with Gasteiger partial charge in [0.1, 0.15) is 22.7 Å². The van der Waals surface area contributed by atoms with Gasteiger partial charge in [0, 0.05) is 17.2 Å². The van der Waals surface area contributed by atoms with Crippen molar-refractivity contribution in [2.24, 2.45) is 5.92 Å². The van der Waals surface area contributed by atoms with Gasteiger partial charge in [0.25, 0.3) is 0 Å². The van der Waals surface area contributed by atoms with Crippen LogP contribution in [-0.4, -0.2) is 11.7 Å². The first-order valence-electron chi connectivity index (χ1n) is 10.2. The van der Waals surface area contributed by atoms with Crippen molar-refractivity contribution in [2.45, 2.75) is 84.8 Å². The van der Waals surface area contributed by atoms with E-state index in [0.29, 0.717) is 11.5 Å². The summed E-state index contributed by atoms with van der Waals surface area (Å²) in [7, 11) is 0. The standard InChI is InChI=1S/C23H30O4/c1-7-8-15-11-17(24)26-22-18-13(3)12(2)14(4)25-20(18)16-9-10-23(5,6)27-21(16)19(15)22/h11-14H,7-10H2,1-6H3. The second-order valence-corrected chi connectivity index (χ2v) is 8.93. The number of hydrogen-bond donors (Lipinski definition) is 0. The fourth-order valence-electron chi connectivity index (χ4n) is 4.57. The molecule has 4 rings (SSSR count). The van der Waals surface area contributed by atoms with Gasteiger partial charge in [0.05, 0.1) is 11.5 Å². The highest BCUT2D eigenvalue weighted by Gasteiger charge is 2.40. The molecule has 0 amide bonds. The lowest BCUT2D eigenvalue weighted by Crippen LogP contribution is -2.36. The number of rotatable bonds is 2. The van der Waals surface area contributed by atoms with E-state index in [2.05, 4.69) is 41.5 Å². The first-order valence-corrected chi connectivity index (χ1v) is 10.2. The predicted octanol–water partition coefficient (Wildman–Crippen LogP) is 5.37. The van der Waals surface area contributed by atoms with Crippen molar-refractivity contribution in [1.82, 2.24) is 0 Å². The van der Waals surface area contributed by atoms with Gasteiger partial charge in [-0.05, 0) is 57.4 Å². The average molecular weight is 370 g/mol. The van der Waals surface area contributed by atoms with Crippen molar-refractivity contribution in [2.75, 3.05) is 0 Å². The smallest absolute Gasteiger partial charge is 0.336 e. The molecule has 1 aromatic heterocycles. The maximum Gasteiger partial charge on any atom is 0.336 e. The van der Waals surface area contributed by atoms with Crippen LogP contribution < -0.4 is 15.1 Å². The molecule has 2 aromatic rings. The molecule has 0 aliphatic carbocycles. The zero-order valence-electron chi connectivity index (χ0n) is 17.3. The topological polar surface area (TPSA) is 48.7 Å². The molecule has 0 saturated carbocycles. The highest BCUT2D eigenvalue weighted by molar-refractivity contribution is 5.94. The molecule has 3 atom stereocenters. The van der Waals surface area contributed by atoms with Gasteiger partial charge in [-0.15, -0.1) is 0 Å².